The van der Waals surface area contributed by atoms with Crippen molar-refractivity contribution in [3.63, 3.8) is 0 Å². The zero-order chi connectivity index (χ0) is 20.6. The van der Waals surface area contributed by atoms with Gasteiger partial charge in [0.25, 0.3) is 0 Å². The van der Waals surface area contributed by atoms with Crippen LogP contribution in [0.3, 0.4) is 0 Å². The number of pyridine rings is 1. The summed E-state index contributed by atoms with van der Waals surface area (Å²) in [7, 11) is 1.58. The minimum Gasteiger partial charge on any atom is -0.493 e. The summed E-state index contributed by atoms with van der Waals surface area (Å²) >= 11 is 6.15. The highest BCUT2D eigenvalue weighted by molar-refractivity contribution is 6.31. The number of ether oxygens (including phenoxy) is 2. The zero-order valence-corrected chi connectivity index (χ0v) is 17.2. The van der Waals surface area contributed by atoms with Crippen LogP contribution in [0.4, 0.5) is 5.69 Å². The third-order valence-electron chi connectivity index (χ3n) is 4.44. The molecule has 0 radical (unpaired) electrons. The van der Waals surface area contributed by atoms with Crippen molar-refractivity contribution in [1.29, 1.82) is 0 Å². The Morgan fingerprint density at radius 2 is 1.97 bits per heavy atom. The number of carbonyl (C=O) groups excluding carboxylic acids is 1. The molecule has 3 aromatic rings. The molecule has 0 saturated heterocycles. The number of methoxy groups -OCH3 is 1. The number of aromatic nitrogens is 1. The summed E-state index contributed by atoms with van der Waals surface area (Å²) in [6, 6.07) is 15.0. The average Bonchev–Trinajstić information content (AvgIpc) is 2.74. The number of carbonyl (C=O) groups is 1. The lowest BCUT2D eigenvalue weighted by atomic mass is 10.1. The molecule has 1 N–H and O–H groups in total. The largest absolute Gasteiger partial charge is 0.493 e. The predicted molar refractivity (Wildman–Crippen MR) is 115 cm³/mol. The molecule has 1 aromatic heterocycles. The topological polar surface area (TPSA) is 60.5 Å². The maximum atomic E-state index is 12.4. The molecular formula is C23H23ClN2O3. The van der Waals surface area contributed by atoms with Crippen molar-refractivity contribution in [2.45, 2.75) is 26.4 Å². The predicted octanol–water partition coefficient (Wildman–Crippen LogP) is 5.20. The van der Waals surface area contributed by atoms with Gasteiger partial charge in [0.05, 0.1) is 7.11 Å². The van der Waals surface area contributed by atoms with Crippen molar-refractivity contribution in [3.05, 3.63) is 82.6 Å². The van der Waals surface area contributed by atoms with E-state index in [0.29, 0.717) is 41.7 Å². The summed E-state index contributed by atoms with van der Waals surface area (Å²) < 4.78 is 11.2. The number of anilines is 1. The zero-order valence-electron chi connectivity index (χ0n) is 16.4. The fourth-order valence-corrected chi connectivity index (χ4v) is 2.99. The van der Waals surface area contributed by atoms with Crippen LogP contribution in [0.15, 0.2) is 60.9 Å². The maximum absolute atomic E-state index is 12.4. The standard InChI is InChI=1S/C23H23ClN2O3/c1-16-5-6-17(12-20(16)24)7-10-23(27)26-19-8-9-21(28-2)22(13-19)29-15-18-4-3-11-25-14-18/h3-6,8-9,11-14H,7,10,15H2,1-2H3,(H,26,27). The first-order valence-corrected chi connectivity index (χ1v) is 9.67. The van der Waals surface area contributed by atoms with Gasteiger partial charge in [0.1, 0.15) is 6.61 Å². The van der Waals surface area contributed by atoms with Gasteiger partial charge in [-0.1, -0.05) is 29.8 Å². The van der Waals surface area contributed by atoms with Crippen molar-refractivity contribution in [2.24, 2.45) is 0 Å². The van der Waals surface area contributed by atoms with Crippen LogP contribution in [0.1, 0.15) is 23.1 Å². The third-order valence-corrected chi connectivity index (χ3v) is 4.85. The van der Waals surface area contributed by atoms with Gasteiger partial charge in [-0.05, 0) is 48.7 Å². The first-order chi connectivity index (χ1) is 14.0. The molecule has 3 rings (SSSR count). The number of benzene rings is 2. The van der Waals surface area contributed by atoms with E-state index < -0.39 is 0 Å². The molecule has 29 heavy (non-hydrogen) atoms. The lowest BCUT2D eigenvalue weighted by Gasteiger charge is -2.13. The molecule has 0 fully saturated rings. The van der Waals surface area contributed by atoms with E-state index in [9.17, 15) is 4.79 Å². The van der Waals surface area contributed by atoms with Gasteiger partial charge in [-0.2, -0.15) is 0 Å². The number of nitrogens with one attached hydrogen (secondary N) is 1. The average molecular weight is 411 g/mol. The fraction of sp³-hybridized carbons (Fsp3) is 0.217. The molecule has 0 unspecified atom stereocenters. The first-order valence-electron chi connectivity index (χ1n) is 9.30. The second-order valence-corrected chi connectivity index (χ2v) is 7.05. The highest BCUT2D eigenvalue weighted by atomic mass is 35.5. The Morgan fingerprint density at radius 3 is 2.69 bits per heavy atom. The Labute approximate surface area is 175 Å². The molecule has 0 aliphatic carbocycles. The lowest BCUT2D eigenvalue weighted by Crippen LogP contribution is -2.12. The molecule has 5 nitrogen and oxygen atoms in total. The number of halogens is 1. The molecule has 150 valence electrons. The van der Waals surface area contributed by atoms with E-state index in [1.54, 1.807) is 37.7 Å². The van der Waals surface area contributed by atoms with Crippen molar-refractivity contribution < 1.29 is 14.3 Å². The second-order valence-electron chi connectivity index (χ2n) is 6.65. The van der Waals surface area contributed by atoms with Crippen LogP contribution < -0.4 is 14.8 Å². The SMILES string of the molecule is COc1ccc(NC(=O)CCc2ccc(C)c(Cl)c2)cc1OCc1cccnc1. The monoisotopic (exact) mass is 410 g/mol. The van der Waals surface area contributed by atoms with E-state index >= 15 is 0 Å². The van der Waals surface area contributed by atoms with Gasteiger partial charge >= 0.3 is 0 Å². The van der Waals surface area contributed by atoms with Crippen molar-refractivity contribution in [2.75, 3.05) is 12.4 Å². The summed E-state index contributed by atoms with van der Waals surface area (Å²) in [5, 5.41) is 3.62. The van der Waals surface area contributed by atoms with E-state index in [-0.39, 0.29) is 5.91 Å². The number of rotatable bonds is 8. The van der Waals surface area contributed by atoms with Crippen molar-refractivity contribution in [1.82, 2.24) is 4.98 Å². The highest BCUT2D eigenvalue weighted by Crippen LogP contribution is 2.31. The number of amides is 1. The molecule has 0 aliphatic rings. The molecule has 2 aromatic carbocycles. The maximum Gasteiger partial charge on any atom is 0.224 e. The minimum absolute atomic E-state index is 0.0786. The van der Waals surface area contributed by atoms with Crippen LogP contribution in [-0.2, 0) is 17.8 Å². The van der Waals surface area contributed by atoms with Gasteiger partial charge in [-0.25, -0.2) is 0 Å². The van der Waals surface area contributed by atoms with Gasteiger partial charge in [-0.15, -0.1) is 0 Å². The third kappa shape index (κ3) is 5.96. The summed E-state index contributed by atoms with van der Waals surface area (Å²) in [4.78, 5) is 16.4. The van der Waals surface area contributed by atoms with Gasteiger partial charge < -0.3 is 14.8 Å². The number of hydrogen-bond acceptors (Lipinski definition) is 4. The molecule has 0 saturated carbocycles. The van der Waals surface area contributed by atoms with Gasteiger partial charge in [0.2, 0.25) is 5.91 Å². The van der Waals surface area contributed by atoms with Crippen LogP contribution in [0, 0.1) is 6.92 Å². The Bertz CT molecular complexity index is 977. The molecule has 0 spiro atoms. The molecular weight excluding hydrogens is 388 g/mol. The Morgan fingerprint density at radius 1 is 1.10 bits per heavy atom. The van der Waals surface area contributed by atoms with Gasteiger partial charge in [-0.3, -0.25) is 9.78 Å². The first kappa shape index (κ1) is 20.7. The number of hydrogen-bond donors (Lipinski definition) is 1. The Hall–Kier alpha value is -3.05. The van der Waals surface area contributed by atoms with E-state index in [1.807, 2.05) is 37.3 Å². The van der Waals surface area contributed by atoms with Crippen molar-refractivity contribution >= 4 is 23.2 Å². The molecule has 0 bridgehead atoms. The van der Waals surface area contributed by atoms with Crippen LogP contribution in [-0.4, -0.2) is 18.0 Å². The van der Waals surface area contributed by atoms with Gasteiger partial charge in [0.15, 0.2) is 11.5 Å². The number of aryl methyl sites for hydroxylation is 2. The van der Waals surface area contributed by atoms with Crippen LogP contribution in [0.2, 0.25) is 5.02 Å². The Kier molecular flexibility index (Phi) is 7.09. The summed E-state index contributed by atoms with van der Waals surface area (Å²) in [6.45, 7) is 2.31. The smallest absolute Gasteiger partial charge is 0.224 e. The minimum atomic E-state index is -0.0786. The van der Waals surface area contributed by atoms with E-state index in [4.69, 9.17) is 21.1 Å². The number of nitrogens with zero attached hydrogens (tertiary/aromatic N) is 1. The van der Waals surface area contributed by atoms with Crippen molar-refractivity contribution in [3.8, 4) is 11.5 Å². The van der Waals surface area contributed by atoms with E-state index in [1.165, 1.54) is 0 Å². The van der Waals surface area contributed by atoms with Crippen LogP contribution in [0.25, 0.3) is 0 Å². The van der Waals surface area contributed by atoms with E-state index in [2.05, 4.69) is 10.3 Å². The molecule has 0 atom stereocenters. The van der Waals surface area contributed by atoms with E-state index in [0.717, 1.165) is 16.7 Å². The molecule has 0 aliphatic heterocycles. The Balaban J connectivity index is 1.60. The summed E-state index contributed by atoms with van der Waals surface area (Å²) in [6.07, 6.45) is 4.43. The molecule has 6 heteroatoms. The molecule has 1 heterocycles. The second kappa shape index (κ2) is 9.94. The van der Waals surface area contributed by atoms with Crippen LogP contribution >= 0.6 is 11.6 Å². The quantitative estimate of drug-likeness (QED) is 0.554. The molecule has 1 amide bonds. The normalized spacial score (nSPS) is 10.4. The van der Waals surface area contributed by atoms with Gasteiger partial charge in [0, 0.05) is 41.2 Å². The highest BCUT2D eigenvalue weighted by Gasteiger charge is 2.09. The summed E-state index contributed by atoms with van der Waals surface area (Å²) in [5.74, 6) is 1.07. The fourth-order valence-electron chi connectivity index (χ4n) is 2.79. The summed E-state index contributed by atoms with van der Waals surface area (Å²) in [5.41, 5.74) is 3.66. The lowest BCUT2D eigenvalue weighted by molar-refractivity contribution is -0.116. The van der Waals surface area contributed by atoms with Crippen LogP contribution in [0.5, 0.6) is 11.5 Å².